The van der Waals surface area contributed by atoms with Crippen LogP contribution in [0.4, 0.5) is 0 Å². The number of allylic oxidation sites excluding steroid dienone is 3. The zero-order valence-electron chi connectivity index (χ0n) is 20.2. The van der Waals surface area contributed by atoms with Crippen molar-refractivity contribution < 1.29 is 20.1 Å². The molecule has 4 heteroatoms. The molecule has 3 aliphatic carbocycles. The van der Waals surface area contributed by atoms with E-state index in [1.165, 1.54) is 5.57 Å². The van der Waals surface area contributed by atoms with E-state index in [9.17, 15) is 20.1 Å². The third-order valence-corrected chi connectivity index (χ3v) is 9.18. The summed E-state index contributed by atoms with van der Waals surface area (Å²) in [5, 5.41) is 31.1. The molecule has 0 aromatic heterocycles. The van der Waals surface area contributed by atoms with Crippen molar-refractivity contribution in [3.8, 4) is 0 Å². The molecule has 3 aliphatic rings. The number of rotatable bonds is 7. The van der Waals surface area contributed by atoms with Crippen LogP contribution in [0.5, 0.6) is 0 Å². The van der Waals surface area contributed by atoms with Crippen LogP contribution >= 0.6 is 0 Å². The van der Waals surface area contributed by atoms with Gasteiger partial charge in [-0.05, 0) is 100 Å². The van der Waals surface area contributed by atoms with E-state index >= 15 is 0 Å². The number of fused-ring (bicyclic) bond motifs is 1. The Kier molecular flexibility index (Phi) is 7.55. The van der Waals surface area contributed by atoms with Crippen molar-refractivity contribution in [2.45, 2.75) is 98.2 Å². The van der Waals surface area contributed by atoms with E-state index in [0.29, 0.717) is 37.5 Å². The molecule has 3 N–H and O–H groups in total. The predicted molar refractivity (Wildman–Crippen MR) is 124 cm³/mol. The minimum absolute atomic E-state index is 0.0855. The molecule has 4 nitrogen and oxygen atoms in total. The van der Waals surface area contributed by atoms with Gasteiger partial charge in [-0.3, -0.25) is 4.79 Å². The van der Waals surface area contributed by atoms with Gasteiger partial charge in [0, 0.05) is 17.9 Å². The molecule has 8 atom stereocenters. The second-order valence-electron chi connectivity index (χ2n) is 11.4. The molecule has 2 saturated carbocycles. The first-order chi connectivity index (χ1) is 14.5. The topological polar surface area (TPSA) is 77.8 Å². The lowest BCUT2D eigenvalue weighted by Crippen LogP contribution is -2.52. The Hall–Kier alpha value is -0.970. The van der Waals surface area contributed by atoms with E-state index in [-0.39, 0.29) is 29.6 Å². The average Bonchev–Trinajstić information content (AvgIpc) is 3.03. The predicted octanol–water partition coefficient (Wildman–Crippen LogP) is 4.82. The number of ketones is 1. The van der Waals surface area contributed by atoms with Crippen LogP contribution in [0.15, 0.2) is 23.3 Å². The quantitative estimate of drug-likeness (QED) is 0.504. The molecule has 0 aromatic rings. The number of aliphatic hydroxyl groups excluding tert-OH is 3. The van der Waals surface area contributed by atoms with Crippen molar-refractivity contribution in [1.29, 1.82) is 0 Å². The number of Topliss-reactive ketones (excluding diaryl/α,β-unsaturated/α-hetero) is 1. The lowest BCUT2D eigenvalue weighted by Gasteiger charge is -2.49. The Morgan fingerprint density at radius 3 is 2.58 bits per heavy atom. The first kappa shape index (κ1) is 24.7. The Bertz CT molecular complexity index is 721. The van der Waals surface area contributed by atoms with Crippen LogP contribution in [0.1, 0.15) is 86.0 Å². The molecule has 31 heavy (non-hydrogen) atoms. The summed E-state index contributed by atoms with van der Waals surface area (Å²) in [4.78, 5) is 13.8. The second-order valence-corrected chi connectivity index (χ2v) is 11.4. The van der Waals surface area contributed by atoms with E-state index in [1.54, 1.807) is 0 Å². The minimum atomic E-state index is -0.680. The standard InChI is InChI=1S/C27H44O4/c1-17(2)7-6-8-18(3)21-9-10-22(26(21,4)13-14-28)20-16-24(30)23-15-19(29)11-12-27(23,5)25(20)31/h7,16,18-19,21-24,28-30H,6,8-15H2,1-5H3/t18-,19+,21-,22+,23-,24+,26-,27+/m1/s1. The molecule has 0 spiro atoms. The summed E-state index contributed by atoms with van der Waals surface area (Å²) in [6.07, 6.45) is 9.67. The number of carbonyl (C=O) groups is 1. The fourth-order valence-electron chi connectivity index (χ4n) is 7.25. The lowest BCUT2D eigenvalue weighted by atomic mass is 9.55. The molecule has 0 aliphatic heterocycles. The third kappa shape index (κ3) is 4.58. The summed E-state index contributed by atoms with van der Waals surface area (Å²) in [6.45, 7) is 11.0. The Morgan fingerprint density at radius 2 is 1.94 bits per heavy atom. The largest absolute Gasteiger partial charge is 0.396 e. The van der Waals surface area contributed by atoms with Gasteiger partial charge in [-0.15, -0.1) is 0 Å². The van der Waals surface area contributed by atoms with Gasteiger partial charge in [-0.1, -0.05) is 32.4 Å². The van der Waals surface area contributed by atoms with Crippen molar-refractivity contribution in [3.05, 3.63) is 23.3 Å². The van der Waals surface area contributed by atoms with Crippen LogP contribution in [0, 0.1) is 34.5 Å². The highest BCUT2D eigenvalue weighted by atomic mass is 16.3. The first-order valence-corrected chi connectivity index (χ1v) is 12.4. The highest BCUT2D eigenvalue weighted by Crippen LogP contribution is 2.59. The van der Waals surface area contributed by atoms with Crippen molar-refractivity contribution in [2.24, 2.45) is 34.5 Å². The fourth-order valence-corrected chi connectivity index (χ4v) is 7.25. The van der Waals surface area contributed by atoms with Gasteiger partial charge in [0.25, 0.3) is 0 Å². The molecule has 176 valence electrons. The summed E-state index contributed by atoms with van der Waals surface area (Å²) >= 11 is 0. The van der Waals surface area contributed by atoms with Crippen LogP contribution in [0.2, 0.25) is 0 Å². The summed E-state index contributed by atoms with van der Waals surface area (Å²) < 4.78 is 0. The van der Waals surface area contributed by atoms with E-state index in [0.717, 1.165) is 31.3 Å². The highest BCUT2D eigenvalue weighted by Gasteiger charge is 2.56. The van der Waals surface area contributed by atoms with Gasteiger partial charge in [-0.2, -0.15) is 0 Å². The Labute approximate surface area is 188 Å². The number of aliphatic hydroxyl groups is 3. The van der Waals surface area contributed by atoms with Crippen molar-refractivity contribution in [3.63, 3.8) is 0 Å². The summed E-state index contributed by atoms with van der Waals surface area (Å²) in [6, 6.07) is 0. The van der Waals surface area contributed by atoms with E-state index < -0.39 is 17.6 Å². The van der Waals surface area contributed by atoms with Crippen LogP contribution in [0.3, 0.4) is 0 Å². The number of hydrogen-bond donors (Lipinski definition) is 3. The van der Waals surface area contributed by atoms with E-state index in [1.807, 2.05) is 13.0 Å². The van der Waals surface area contributed by atoms with Gasteiger partial charge in [0.1, 0.15) is 0 Å². The molecule has 0 amide bonds. The van der Waals surface area contributed by atoms with Crippen LogP contribution < -0.4 is 0 Å². The van der Waals surface area contributed by atoms with Crippen LogP contribution in [0.25, 0.3) is 0 Å². The fraction of sp³-hybridized carbons (Fsp3) is 0.815. The molecular formula is C27H44O4. The van der Waals surface area contributed by atoms with Gasteiger partial charge >= 0.3 is 0 Å². The maximum atomic E-state index is 13.8. The molecule has 0 aromatic carbocycles. The lowest BCUT2D eigenvalue weighted by molar-refractivity contribution is -0.138. The van der Waals surface area contributed by atoms with Crippen LogP contribution in [-0.2, 0) is 4.79 Å². The minimum Gasteiger partial charge on any atom is -0.396 e. The van der Waals surface area contributed by atoms with Gasteiger partial charge in [-0.25, -0.2) is 0 Å². The van der Waals surface area contributed by atoms with E-state index in [2.05, 4.69) is 33.8 Å². The highest BCUT2D eigenvalue weighted by molar-refractivity contribution is 6.01. The molecule has 0 unspecified atom stereocenters. The van der Waals surface area contributed by atoms with Gasteiger partial charge in [0.2, 0.25) is 0 Å². The number of hydrogen-bond acceptors (Lipinski definition) is 4. The molecule has 3 rings (SSSR count). The van der Waals surface area contributed by atoms with Crippen LogP contribution in [-0.4, -0.2) is 39.9 Å². The monoisotopic (exact) mass is 432 g/mol. The second kappa shape index (κ2) is 9.49. The van der Waals surface area contributed by atoms with Gasteiger partial charge < -0.3 is 15.3 Å². The average molecular weight is 433 g/mol. The van der Waals surface area contributed by atoms with E-state index in [4.69, 9.17) is 0 Å². The van der Waals surface area contributed by atoms with Crippen molar-refractivity contribution in [2.75, 3.05) is 6.61 Å². The summed E-state index contributed by atoms with van der Waals surface area (Å²) in [5.41, 5.74) is 1.42. The maximum absolute atomic E-state index is 13.8. The zero-order valence-corrected chi connectivity index (χ0v) is 20.2. The molecule has 0 bridgehead atoms. The maximum Gasteiger partial charge on any atom is 0.165 e. The number of carbonyl (C=O) groups excluding carboxylic acids is 1. The zero-order chi connectivity index (χ0) is 23.0. The summed E-state index contributed by atoms with van der Waals surface area (Å²) in [7, 11) is 0. The molecular weight excluding hydrogens is 388 g/mol. The smallest absolute Gasteiger partial charge is 0.165 e. The Balaban J connectivity index is 1.88. The summed E-state index contributed by atoms with van der Waals surface area (Å²) in [5.74, 6) is 1.05. The SMILES string of the molecule is CC(C)=CCC[C@@H](C)[C@H]1CC[C@@H](C2=C[C@H](O)[C@H]3C[C@@H](O)CC[C@]3(C)C2=O)[C@]1(C)CCO. The normalized spacial score (nSPS) is 41.5. The molecule has 0 radical (unpaired) electrons. The van der Waals surface area contributed by atoms with Gasteiger partial charge in [0.05, 0.1) is 12.2 Å². The third-order valence-electron chi connectivity index (χ3n) is 9.18. The first-order valence-electron chi connectivity index (χ1n) is 12.4. The van der Waals surface area contributed by atoms with Gasteiger partial charge in [0.15, 0.2) is 5.78 Å². The molecule has 2 fully saturated rings. The molecule has 0 heterocycles. The van der Waals surface area contributed by atoms with Crippen molar-refractivity contribution in [1.82, 2.24) is 0 Å². The Morgan fingerprint density at radius 1 is 1.23 bits per heavy atom. The molecule has 0 saturated heterocycles. The van der Waals surface area contributed by atoms with Crippen molar-refractivity contribution >= 4 is 5.78 Å².